The van der Waals surface area contributed by atoms with Gasteiger partial charge in [-0.3, -0.25) is 4.72 Å². The first-order valence-electron chi connectivity index (χ1n) is 9.38. The second kappa shape index (κ2) is 11.2. The summed E-state index contributed by atoms with van der Waals surface area (Å²) in [6.07, 6.45) is 1.36. The number of nitrogens with one attached hydrogen (secondary N) is 2. The van der Waals surface area contributed by atoms with Gasteiger partial charge in [0.05, 0.1) is 26.6 Å². The Labute approximate surface area is 201 Å². The predicted molar refractivity (Wildman–Crippen MR) is 127 cm³/mol. The third kappa shape index (κ3) is 6.71. The Morgan fingerprint density at radius 3 is 2.44 bits per heavy atom. The number of rotatable bonds is 10. The van der Waals surface area contributed by atoms with Crippen LogP contribution in [-0.4, -0.2) is 33.7 Å². The van der Waals surface area contributed by atoms with Gasteiger partial charge in [-0.15, -0.1) is 0 Å². The Morgan fingerprint density at radius 1 is 1.00 bits per heavy atom. The number of pyridine rings is 1. The topological polar surface area (TPSA) is 89.5 Å². The van der Waals surface area contributed by atoms with E-state index in [1.165, 1.54) is 30.5 Å². The molecule has 0 unspecified atom stereocenters. The third-order valence-corrected chi connectivity index (χ3v) is 6.52. The number of methoxy groups -OCH3 is 1. The molecule has 1 aromatic heterocycles. The van der Waals surface area contributed by atoms with E-state index in [9.17, 15) is 8.42 Å². The molecule has 0 bridgehead atoms. The lowest BCUT2D eigenvalue weighted by molar-refractivity contribution is 0.199. The number of aromatic nitrogens is 1. The van der Waals surface area contributed by atoms with Gasteiger partial charge in [-0.1, -0.05) is 46.9 Å². The van der Waals surface area contributed by atoms with Gasteiger partial charge in [0.1, 0.15) is 11.4 Å². The molecule has 7 nitrogen and oxygen atoms in total. The van der Waals surface area contributed by atoms with Gasteiger partial charge >= 0.3 is 0 Å². The highest BCUT2D eigenvalue weighted by atomic mass is 35.5. The van der Waals surface area contributed by atoms with E-state index in [0.717, 1.165) is 12.1 Å². The summed E-state index contributed by atoms with van der Waals surface area (Å²) in [5, 5.41) is 3.85. The SMILES string of the molecule is COCCNCc1ccc(Oc2ncc(Cl)cc2NS(=O)(=O)c2ccc(Cl)c(Cl)c2)cc1. The highest BCUT2D eigenvalue weighted by Crippen LogP contribution is 2.32. The zero-order valence-electron chi connectivity index (χ0n) is 16.9. The Bertz CT molecular complexity index is 1180. The monoisotopic (exact) mass is 515 g/mol. The van der Waals surface area contributed by atoms with Crippen LogP contribution in [0.5, 0.6) is 11.6 Å². The Balaban J connectivity index is 1.77. The first-order chi connectivity index (χ1) is 15.3. The second-order valence-corrected chi connectivity index (χ2v) is 9.54. The summed E-state index contributed by atoms with van der Waals surface area (Å²) >= 11 is 17.9. The molecule has 0 aliphatic heterocycles. The molecule has 0 saturated heterocycles. The van der Waals surface area contributed by atoms with Crippen molar-refractivity contribution >= 4 is 50.5 Å². The quantitative estimate of drug-likeness (QED) is 0.352. The van der Waals surface area contributed by atoms with E-state index in [1.807, 2.05) is 12.1 Å². The first-order valence-corrected chi connectivity index (χ1v) is 12.0. The summed E-state index contributed by atoms with van der Waals surface area (Å²) in [4.78, 5) is 4.05. The number of anilines is 1. The Morgan fingerprint density at radius 2 is 1.75 bits per heavy atom. The van der Waals surface area contributed by atoms with Crippen LogP contribution in [0.4, 0.5) is 5.69 Å². The highest BCUT2D eigenvalue weighted by molar-refractivity contribution is 7.92. The van der Waals surface area contributed by atoms with Crippen LogP contribution in [-0.2, 0) is 21.3 Å². The fourth-order valence-electron chi connectivity index (χ4n) is 2.62. The van der Waals surface area contributed by atoms with Crippen LogP contribution in [0.3, 0.4) is 0 Å². The molecule has 170 valence electrons. The van der Waals surface area contributed by atoms with Crippen LogP contribution in [0.1, 0.15) is 5.56 Å². The number of ether oxygens (including phenoxy) is 2. The van der Waals surface area contributed by atoms with Crippen LogP contribution in [0.25, 0.3) is 0 Å². The molecule has 11 heteroatoms. The van der Waals surface area contributed by atoms with E-state index in [2.05, 4.69) is 15.0 Å². The van der Waals surface area contributed by atoms with Crippen molar-refractivity contribution < 1.29 is 17.9 Å². The zero-order chi connectivity index (χ0) is 23.1. The Kier molecular flexibility index (Phi) is 8.58. The van der Waals surface area contributed by atoms with Crippen molar-refractivity contribution in [2.45, 2.75) is 11.4 Å². The van der Waals surface area contributed by atoms with Crippen molar-refractivity contribution in [2.75, 3.05) is 25.0 Å². The zero-order valence-corrected chi connectivity index (χ0v) is 20.0. The fourth-order valence-corrected chi connectivity index (χ4v) is 4.22. The van der Waals surface area contributed by atoms with Gasteiger partial charge in [-0.05, 0) is 42.0 Å². The minimum atomic E-state index is -4.00. The van der Waals surface area contributed by atoms with Gasteiger partial charge in [0.2, 0.25) is 5.88 Å². The lowest BCUT2D eigenvalue weighted by Crippen LogP contribution is -2.18. The Hall–Kier alpha value is -2.07. The minimum Gasteiger partial charge on any atom is -0.437 e. The van der Waals surface area contributed by atoms with Gasteiger partial charge in [0.25, 0.3) is 10.0 Å². The molecule has 0 atom stereocenters. The normalized spacial score (nSPS) is 11.4. The summed E-state index contributed by atoms with van der Waals surface area (Å²) in [5.74, 6) is 0.527. The summed E-state index contributed by atoms with van der Waals surface area (Å²) < 4.78 is 38.9. The van der Waals surface area contributed by atoms with Crippen molar-refractivity contribution in [2.24, 2.45) is 0 Å². The molecule has 1 heterocycles. The molecular formula is C21H20Cl3N3O4S. The molecule has 0 amide bonds. The number of sulfonamides is 1. The van der Waals surface area contributed by atoms with Crippen molar-refractivity contribution in [3.63, 3.8) is 0 Å². The number of hydrogen-bond acceptors (Lipinski definition) is 6. The van der Waals surface area contributed by atoms with Gasteiger partial charge in [0.15, 0.2) is 0 Å². The summed E-state index contributed by atoms with van der Waals surface area (Å²) in [6.45, 7) is 2.05. The van der Waals surface area contributed by atoms with Crippen LogP contribution < -0.4 is 14.8 Å². The van der Waals surface area contributed by atoms with Gasteiger partial charge in [-0.2, -0.15) is 0 Å². The number of halogens is 3. The molecular weight excluding hydrogens is 497 g/mol. The smallest absolute Gasteiger partial charge is 0.262 e. The van der Waals surface area contributed by atoms with E-state index in [0.29, 0.717) is 18.9 Å². The fraction of sp³-hybridized carbons (Fsp3) is 0.190. The molecule has 0 radical (unpaired) electrons. The van der Waals surface area contributed by atoms with Crippen molar-refractivity contribution in [3.8, 4) is 11.6 Å². The van der Waals surface area contributed by atoms with E-state index < -0.39 is 10.0 Å². The molecule has 3 rings (SSSR count). The van der Waals surface area contributed by atoms with Crippen molar-refractivity contribution in [1.82, 2.24) is 10.3 Å². The summed E-state index contributed by atoms with van der Waals surface area (Å²) in [5.41, 5.74) is 1.13. The van der Waals surface area contributed by atoms with Crippen molar-refractivity contribution in [1.29, 1.82) is 0 Å². The molecule has 3 aromatic rings. The van der Waals surface area contributed by atoms with Gasteiger partial charge in [0, 0.05) is 26.4 Å². The maximum atomic E-state index is 12.8. The standard InChI is InChI=1S/C21H20Cl3N3O4S/c1-30-9-8-25-12-14-2-4-16(5-3-14)31-21-20(10-15(22)13-26-21)27-32(28,29)17-6-7-18(23)19(24)11-17/h2-7,10-11,13,25,27H,8-9,12H2,1H3. The largest absolute Gasteiger partial charge is 0.437 e. The maximum absolute atomic E-state index is 12.8. The van der Waals surface area contributed by atoms with E-state index in [4.69, 9.17) is 44.3 Å². The molecule has 0 spiro atoms. The summed E-state index contributed by atoms with van der Waals surface area (Å²) in [7, 11) is -2.35. The highest BCUT2D eigenvalue weighted by Gasteiger charge is 2.19. The van der Waals surface area contributed by atoms with Crippen LogP contribution >= 0.6 is 34.8 Å². The summed E-state index contributed by atoms with van der Waals surface area (Å²) in [6, 6.07) is 12.7. The van der Waals surface area contributed by atoms with Crippen molar-refractivity contribution in [3.05, 3.63) is 75.4 Å². The number of nitrogens with zero attached hydrogens (tertiary/aromatic N) is 1. The van der Waals surface area contributed by atoms with Gasteiger partial charge < -0.3 is 14.8 Å². The van der Waals surface area contributed by atoms with Crippen LogP contribution in [0, 0.1) is 0 Å². The average Bonchev–Trinajstić information content (AvgIpc) is 2.76. The third-order valence-electron chi connectivity index (χ3n) is 4.21. The molecule has 32 heavy (non-hydrogen) atoms. The molecule has 2 N–H and O–H groups in total. The predicted octanol–water partition coefficient (Wildman–Crippen LogP) is 5.37. The number of benzene rings is 2. The molecule has 0 saturated carbocycles. The molecule has 0 aliphatic carbocycles. The van der Waals surface area contributed by atoms with E-state index in [-0.39, 0.29) is 31.5 Å². The minimum absolute atomic E-state index is 0.0454. The molecule has 0 aliphatic rings. The number of hydrogen-bond donors (Lipinski definition) is 2. The van der Waals surface area contributed by atoms with Gasteiger partial charge in [-0.25, -0.2) is 13.4 Å². The molecule has 0 fully saturated rings. The average molecular weight is 517 g/mol. The first kappa shape index (κ1) is 24.6. The lowest BCUT2D eigenvalue weighted by Gasteiger charge is -2.13. The van der Waals surface area contributed by atoms with Crippen LogP contribution in [0.15, 0.2) is 59.6 Å². The lowest BCUT2D eigenvalue weighted by atomic mass is 10.2. The molecule has 2 aromatic carbocycles. The van der Waals surface area contributed by atoms with E-state index >= 15 is 0 Å². The second-order valence-electron chi connectivity index (χ2n) is 6.60. The van der Waals surface area contributed by atoms with Crippen LogP contribution in [0.2, 0.25) is 15.1 Å². The maximum Gasteiger partial charge on any atom is 0.262 e. The van der Waals surface area contributed by atoms with E-state index in [1.54, 1.807) is 19.2 Å².